The number of benzene rings is 1. The fraction of sp³-hybridized carbons (Fsp3) is 0.533. The Bertz CT molecular complexity index is 509. The molecule has 3 nitrogen and oxygen atoms in total. The van der Waals surface area contributed by atoms with E-state index in [1.165, 1.54) is 12.8 Å². The summed E-state index contributed by atoms with van der Waals surface area (Å²) in [5.41, 5.74) is 0.570. The SMILES string of the molecule is O=C(CN1CCN(C2CC2)CC1)c1ccc(Cl)cc1Cl. The monoisotopic (exact) mass is 312 g/mol. The molecule has 0 aromatic heterocycles. The van der Waals surface area contributed by atoms with Gasteiger partial charge in [-0.15, -0.1) is 0 Å². The molecule has 0 bridgehead atoms. The van der Waals surface area contributed by atoms with E-state index in [0.29, 0.717) is 22.2 Å². The van der Waals surface area contributed by atoms with Gasteiger partial charge in [-0.1, -0.05) is 23.2 Å². The number of rotatable bonds is 4. The summed E-state index contributed by atoms with van der Waals surface area (Å²) in [7, 11) is 0. The maximum Gasteiger partial charge on any atom is 0.178 e. The van der Waals surface area contributed by atoms with Crippen LogP contribution in [-0.2, 0) is 0 Å². The Kier molecular flexibility index (Phi) is 4.32. The highest BCUT2D eigenvalue weighted by molar-refractivity contribution is 6.36. The van der Waals surface area contributed by atoms with Gasteiger partial charge >= 0.3 is 0 Å². The maximum atomic E-state index is 12.3. The van der Waals surface area contributed by atoms with Gasteiger partial charge in [-0.3, -0.25) is 14.6 Å². The molecule has 1 aliphatic heterocycles. The first-order valence-electron chi connectivity index (χ1n) is 7.08. The summed E-state index contributed by atoms with van der Waals surface area (Å²) in [6, 6.07) is 5.87. The lowest BCUT2D eigenvalue weighted by Gasteiger charge is -2.34. The molecular weight excluding hydrogens is 295 g/mol. The van der Waals surface area contributed by atoms with Gasteiger partial charge in [0, 0.05) is 42.8 Å². The van der Waals surface area contributed by atoms with Gasteiger partial charge in [0.05, 0.1) is 11.6 Å². The molecule has 1 saturated carbocycles. The molecule has 0 spiro atoms. The molecule has 0 amide bonds. The Labute approximate surface area is 129 Å². The Morgan fingerprint density at radius 1 is 1.15 bits per heavy atom. The van der Waals surface area contributed by atoms with Gasteiger partial charge in [-0.05, 0) is 31.0 Å². The molecule has 0 atom stereocenters. The fourth-order valence-electron chi connectivity index (χ4n) is 2.73. The van der Waals surface area contributed by atoms with Crippen LogP contribution in [0.15, 0.2) is 18.2 Å². The van der Waals surface area contributed by atoms with E-state index in [4.69, 9.17) is 23.2 Å². The molecule has 1 saturated heterocycles. The first-order chi connectivity index (χ1) is 9.63. The number of piperazine rings is 1. The van der Waals surface area contributed by atoms with Crippen LogP contribution >= 0.6 is 23.2 Å². The van der Waals surface area contributed by atoms with E-state index in [9.17, 15) is 4.79 Å². The summed E-state index contributed by atoms with van der Waals surface area (Å²) in [6.45, 7) is 4.53. The summed E-state index contributed by atoms with van der Waals surface area (Å²) in [6.07, 6.45) is 2.69. The van der Waals surface area contributed by atoms with Crippen LogP contribution in [0.3, 0.4) is 0 Å². The second-order valence-electron chi connectivity index (χ2n) is 5.59. The maximum absolute atomic E-state index is 12.3. The molecule has 1 aromatic carbocycles. The van der Waals surface area contributed by atoms with Gasteiger partial charge in [-0.25, -0.2) is 0 Å². The summed E-state index contributed by atoms with van der Waals surface area (Å²) >= 11 is 11.9. The Balaban J connectivity index is 1.56. The van der Waals surface area contributed by atoms with Gasteiger partial charge in [0.2, 0.25) is 0 Å². The molecule has 0 radical (unpaired) electrons. The highest BCUT2D eigenvalue weighted by atomic mass is 35.5. The van der Waals surface area contributed by atoms with E-state index in [2.05, 4.69) is 9.80 Å². The first kappa shape index (κ1) is 14.3. The van der Waals surface area contributed by atoms with Gasteiger partial charge in [0.15, 0.2) is 5.78 Å². The molecule has 108 valence electrons. The molecular formula is C15H18Cl2N2O. The summed E-state index contributed by atoms with van der Waals surface area (Å²) in [4.78, 5) is 17.0. The highest BCUT2D eigenvalue weighted by Gasteiger charge is 2.31. The lowest BCUT2D eigenvalue weighted by atomic mass is 10.1. The lowest BCUT2D eigenvalue weighted by molar-refractivity contribution is 0.0844. The Hall–Kier alpha value is -0.610. The summed E-state index contributed by atoms with van der Waals surface area (Å²) in [5, 5.41) is 1.00. The quantitative estimate of drug-likeness (QED) is 0.799. The number of ketones is 1. The van der Waals surface area contributed by atoms with Crippen LogP contribution in [0.2, 0.25) is 10.0 Å². The predicted octanol–water partition coefficient (Wildman–Crippen LogP) is 2.96. The fourth-order valence-corrected chi connectivity index (χ4v) is 3.24. The van der Waals surface area contributed by atoms with Crippen LogP contribution in [0.25, 0.3) is 0 Å². The normalized spacial score (nSPS) is 21.1. The van der Waals surface area contributed by atoms with E-state index >= 15 is 0 Å². The average molecular weight is 313 g/mol. The van der Waals surface area contributed by atoms with Crippen LogP contribution in [-0.4, -0.2) is 54.3 Å². The van der Waals surface area contributed by atoms with Gasteiger partial charge < -0.3 is 0 Å². The molecule has 1 aromatic rings. The first-order valence-corrected chi connectivity index (χ1v) is 7.84. The second kappa shape index (κ2) is 6.02. The van der Waals surface area contributed by atoms with E-state index in [0.717, 1.165) is 32.2 Å². The van der Waals surface area contributed by atoms with Crippen LogP contribution in [0.1, 0.15) is 23.2 Å². The highest BCUT2D eigenvalue weighted by Crippen LogP contribution is 2.27. The van der Waals surface area contributed by atoms with Crippen molar-refractivity contribution in [1.82, 2.24) is 9.80 Å². The topological polar surface area (TPSA) is 23.6 Å². The molecule has 2 aliphatic rings. The Morgan fingerprint density at radius 2 is 1.85 bits per heavy atom. The molecule has 1 heterocycles. The zero-order valence-electron chi connectivity index (χ0n) is 11.3. The zero-order chi connectivity index (χ0) is 14.1. The molecule has 5 heteroatoms. The van der Waals surface area contributed by atoms with Crippen molar-refractivity contribution >= 4 is 29.0 Å². The predicted molar refractivity (Wildman–Crippen MR) is 81.8 cm³/mol. The standard InChI is InChI=1S/C15H18Cl2N2O/c16-11-1-4-13(14(17)9-11)15(20)10-18-5-7-19(8-6-18)12-2-3-12/h1,4,9,12H,2-3,5-8,10H2. The molecule has 0 N–H and O–H groups in total. The minimum atomic E-state index is 0.0755. The number of Topliss-reactive ketones (excluding diaryl/α,β-unsaturated/α-hetero) is 1. The number of carbonyl (C=O) groups is 1. The lowest BCUT2D eigenvalue weighted by Crippen LogP contribution is -2.48. The zero-order valence-corrected chi connectivity index (χ0v) is 12.8. The van der Waals surface area contributed by atoms with Gasteiger partial charge in [-0.2, -0.15) is 0 Å². The smallest absolute Gasteiger partial charge is 0.178 e. The number of hydrogen-bond donors (Lipinski definition) is 0. The van der Waals surface area contributed by atoms with E-state index in [1.54, 1.807) is 18.2 Å². The van der Waals surface area contributed by atoms with Crippen molar-refractivity contribution in [3.63, 3.8) is 0 Å². The van der Waals surface area contributed by atoms with Gasteiger partial charge in [0.1, 0.15) is 0 Å². The van der Waals surface area contributed by atoms with Crippen LogP contribution in [0.4, 0.5) is 0 Å². The van der Waals surface area contributed by atoms with Crippen molar-refractivity contribution in [2.45, 2.75) is 18.9 Å². The van der Waals surface area contributed by atoms with Crippen LogP contribution < -0.4 is 0 Å². The minimum absolute atomic E-state index is 0.0755. The summed E-state index contributed by atoms with van der Waals surface area (Å²) < 4.78 is 0. The van der Waals surface area contributed by atoms with E-state index in [-0.39, 0.29) is 5.78 Å². The Morgan fingerprint density at radius 3 is 2.45 bits per heavy atom. The number of nitrogens with zero attached hydrogens (tertiary/aromatic N) is 2. The average Bonchev–Trinajstić information content (AvgIpc) is 3.23. The van der Waals surface area contributed by atoms with E-state index in [1.807, 2.05) is 0 Å². The molecule has 20 heavy (non-hydrogen) atoms. The van der Waals surface area contributed by atoms with Crippen molar-refractivity contribution in [3.05, 3.63) is 33.8 Å². The van der Waals surface area contributed by atoms with Crippen molar-refractivity contribution < 1.29 is 4.79 Å². The third-order valence-corrected chi connectivity index (χ3v) is 4.62. The van der Waals surface area contributed by atoms with Crippen molar-refractivity contribution in [2.75, 3.05) is 32.7 Å². The minimum Gasteiger partial charge on any atom is -0.298 e. The number of halogens is 2. The summed E-state index contributed by atoms with van der Waals surface area (Å²) in [5.74, 6) is 0.0755. The van der Waals surface area contributed by atoms with Crippen molar-refractivity contribution in [3.8, 4) is 0 Å². The van der Waals surface area contributed by atoms with Gasteiger partial charge in [0.25, 0.3) is 0 Å². The molecule has 2 fully saturated rings. The van der Waals surface area contributed by atoms with Crippen LogP contribution in [0.5, 0.6) is 0 Å². The third kappa shape index (κ3) is 3.34. The largest absolute Gasteiger partial charge is 0.298 e. The molecule has 3 rings (SSSR count). The molecule has 1 aliphatic carbocycles. The third-order valence-electron chi connectivity index (χ3n) is 4.07. The second-order valence-corrected chi connectivity index (χ2v) is 6.43. The van der Waals surface area contributed by atoms with Crippen LogP contribution in [0, 0.1) is 0 Å². The van der Waals surface area contributed by atoms with Crippen molar-refractivity contribution in [1.29, 1.82) is 0 Å². The number of hydrogen-bond acceptors (Lipinski definition) is 3. The molecule has 0 unspecified atom stereocenters. The van der Waals surface area contributed by atoms with E-state index < -0.39 is 0 Å². The van der Waals surface area contributed by atoms with Crippen molar-refractivity contribution in [2.24, 2.45) is 0 Å². The number of carbonyl (C=O) groups excluding carboxylic acids is 1.